The Morgan fingerprint density at radius 1 is 1.17 bits per heavy atom. The van der Waals surface area contributed by atoms with Gasteiger partial charge >= 0.3 is 0 Å². The Kier molecular flexibility index (Phi) is 9.38. The first kappa shape index (κ1) is 22.6. The summed E-state index contributed by atoms with van der Waals surface area (Å²) >= 11 is 0. The second-order valence-corrected chi connectivity index (χ2v) is 6.70. The van der Waals surface area contributed by atoms with Gasteiger partial charge in [0.05, 0.1) is 7.11 Å². The lowest BCUT2D eigenvalue weighted by atomic mass is 9.98. The highest BCUT2D eigenvalue weighted by atomic mass is 19.1. The summed E-state index contributed by atoms with van der Waals surface area (Å²) in [7, 11) is 3.40. The number of amidine groups is 1. The topological polar surface area (TPSA) is 42.8 Å². The van der Waals surface area contributed by atoms with Crippen molar-refractivity contribution in [3.63, 3.8) is 0 Å². The summed E-state index contributed by atoms with van der Waals surface area (Å²) < 4.78 is 23.6. The molecule has 0 unspecified atom stereocenters. The van der Waals surface area contributed by atoms with Gasteiger partial charge in [0.25, 0.3) is 0 Å². The number of nitrogens with zero attached hydrogens (tertiary/aromatic N) is 1. The van der Waals surface area contributed by atoms with Crippen molar-refractivity contribution in [1.82, 2.24) is 5.32 Å². The quantitative estimate of drug-likeness (QED) is 0.534. The molecule has 1 saturated heterocycles. The number of rotatable bonds is 5. The largest absolute Gasteiger partial charge is 0.496 e. The van der Waals surface area contributed by atoms with E-state index in [1.54, 1.807) is 26.3 Å². The molecule has 1 aliphatic rings. The molecule has 0 amide bonds. The van der Waals surface area contributed by atoms with E-state index in [2.05, 4.69) is 17.2 Å². The summed E-state index contributed by atoms with van der Waals surface area (Å²) in [6, 6.07) is 10.4. The molecule has 1 aliphatic heterocycles. The van der Waals surface area contributed by atoms with Gasteiger partial charge in [-0.15, -0.1) is 0 Å². The summed E-state index contributed by atoms with van der Waals surface area (Å²) in [5, 5.41) is 3.22. The molecule has 0 aromatic heterocycles. The number of nitrogens with one attached hydrogen (secondary N) is 1. The van der Waals surface area contributed by atoms with Gasteiger partial charge in [-0.1, -0.05) is 25.1 Å². The summed E-state index contributed by atoms with van der Waals surface area (Å²) in [6.07, 6.45) is 7.42. The minimum Gasteiger partial charge on any atom is -0.496 e. The van der Waals surface area contributed by atoms with Crippen LogP contribution in [0.15, 0.2) is 53.7 Å². The first-order chi connectivity index (χ1) is 14.1. The van der Waals surface area contributed by atoms with Gasteiger partial charge < -0.3 is 14.8 Å². The molecular formula is C24H31FN2O2. The molecule has 0 bridgehead atoms. The van der Waals surface area contributed by atoms with Crippen molar-refractivity contribution in [3.8, 4) is 16.9 Å². The van der Waals surface area contributed by atoms with Gasteiger partial charge in [0.1, 0.15) is 17.4 Å². The van der Waals surface area contributed by atoms with Gasteiger partial charge in [-0.25, -0.2) is 4.39 Å². The van der Waals surface area contributed by atoms with Gasteiger partial charge in [-0.2, -0.15) is 0 Å². The van der Waals surface area contributed by atoms with Crippen LogP contribution in [0.4, 0.5) is 4.39 Å². The van der Waals surface area contributed by atoms with E-state index in [-0.39, 0.29) is 5.82 Å². The van der Waals surface area contributed by atoms with E-state index in [9.17, 15) is 4.39 Å². The van der Waals surface area contributed by atoms with Crippen LogP contribution in [0, 0.1) is 12.7 Å². The van der Waals surface area contributed by atoms with Crippen molar-refractivity contribution in [2.45, 2.75) is 33.1 Å². The predicted molar refractivity (Wildman–Crippen MR) is 118 cm³/mol. The summed E-state index contributed by atoms with van der Waals surface area (Å²) in [4.78, 5) is 4.35. The smallest absolute Gasteiger partial charge is 0.132 e. The van der Waals surface area contributed by atoms with Crippen LogP contribution in [0.5, 0.6) is 5.75 Å². The number of aliphatic imine (C=N–C) groups is 1. The minimum absolute atomic E-state index is 0.250. The number of hydrogen-bond acceptors (Lipinski definition) is 3. The molecule has 1 heterocycles. The monoisotopic (exact) mass is 398 g/mol. The number of benzene rings is 2. The van der Waals surface area contributed by atoms with Crippen molar-refractivity contribution in [2.75, 3.05) is 27.4 Å². The molecule has 0 atom stereocenters. The standard InChI is InChI=1S/C20H23FN2O.C4H8O/c1-5-6-11-23-20(22-3)18-12-16(13-19(24-4)14(18)2)15-7-9-17(21)10-8-15;1-2-4-5-3-1/h6-13H,5H2,1-4H3,(H,22,23);1-4H2/b11-6+;. The molecular weight excluding hydrogens is 367 g/mol. The fourth-order valence-electron chi connectivity index (χ4n) is 2.98. The van der Waals surface area contributed by atoms with Crippen LogP contribution in [0.25, 0.3) is 11.1 Å². The highest BCUT2D eigenvalue weighted by Gasteiger charge is 2.13. The van der Waals surface area contributed by atoms with Crippen LogP contribution >= 0.6 is 0 Å². The Morgan fingerprint density at radius 2 is 1.86 bits per heavy atom. The third-order valence-electron chi connectivity index (χ3n) is 4.64. The first-order valence-corrected chi connectivity index (χ1v) is 10.0. The minimum atomic E-state index is -0.250. The molecule has 4 nitrogen and oxygen atoms in total. The summed E-state index contributed by atoms with van der Waals surface area (Å²) in [5.41, 5.74) is 3.84. The molecule has 0 radical (unpaired) electrons. The van der Waals surface area contributed by atoms with Crippen LogP contribution in [-0.2, 0) is 4.74 Å². The second-order valence-electron chi connectivity index (χ2n) is 6.70. The van der Waals surface area contributed by atoms with Crippen molar-refractivity contribution < 1.29 is 13.9 Å². The molecule has 1 fully saturated rings. The average Bonchev–Trinajstić information content (AvgIpc) is 3.33. The van der Waals surface area contributed by atoms with Gasteiger partial charge in [0, 0.05) is 31.4 Å². The Hall–Kier alpha value is -2.66. The maximum Gasteiger partial charge on any atom is 0.132 e. The molecule has 5 heteroatoms. The van der Waals surface area contributed by atoms with Gasteiger partial charge in [0.2, 0.25) is 0 Å². The van der Waals surface area contributed by atoms with E-state index in [4.69, 9.17) is 9.47 Å². The number of allylic oxidation sites excluding steroid dienone is 1. The number of hydrogen-bond donors (Lipinski definition) is 1. The van der Waals surface area contributed by atoms with Crippen LogP contribution in [0.1, 0.15) is 37.3 Å². The zero-order valence-electron chi connectivity index (χ0n) is 17.8. The third kappa shape index (κ3) is 6.71. The molecule has 2 aromatic rings. The van der Waals surface area contributed by atoms with Crippen molar-refractivity contribution >= 4 is 5.84 Å². The first-order valence-electron chi connectivity index (χ1n) is 10.0. The Morgan fingerprint density at radius 3 is 2.38 bits per heavy atom. The fourth-order valence-corrected chi connectivity index (χ4v) is 2.98. The lowest BCUT2D eigenvalue weighted by molar-refractivity contribution is 0.198. The molecule has 3 rings (SSSR count). The van der Waals surface area contributed by atoms with Crippen molar-refractivity contribution in [2.24, 2.45) is 4.99 Å². The van der Waals surface area contributed by atoms with Crippen LogP contribution in [0.2, 0.25) is 0 Å². The molecule has 156 valence electrons. The maximum absolute atomic E-state index is 13.2. The summed E-state index contributed by atoms with van der Waals surface area (Å²) in [6.45, 7) is 6.07. The number of ether oxygens (including phenoxy) is 2. The zero-order chi connectivity index (χ0) is 21.1. The van der Waals surface area contributed by atoms with Crippen molar-refractivity contribution in [1.29, 1.82) is 0 Å². The third-order valence-corrected chi connectivity index (χ3v) is 4.64. The fraction of sp³-hybridized carbons (Fsp3) is 0.375. The van der Waals surface area contributed by atoms with E-state index >= 15 is 0 Å². The Bertz CT molecular complexity index is 818. The van der Waals surface area contributed by atoms with Crippen LogP contribution in [-0.4, -0.2) is 33.2 Å². The van der Waals surface area contributed by atoms with E-state index < -0.39 is 0 Å². The molecule has 0 saturated carbocycles. The molecule has 1 N–H and O–H groups in total. The molecule has 2 aromatic carbocycles. The SMILES string of the molecule is C1CCOC1.CC/C=C/NC(=NC)c1cc(-c2ccc(F)cc2)cc(OC)c1C. The predicted octanol–water partition coefficient (Wildman–Crippen LogP) is 5.50. The van der Waals surface area contributed by atoms with Gasteiger partial charge in [-0.3, -0.25) is 4.99 Å². The highest BCUT2D eigenvalue weighted by Crippen LogP contribution is 2.30. The Labute approximate surface area is 173 Å². The van der Waals surface area contributed by atoms with Crippen molar-refractivity contribution in [3.05, 3.63) is 65.6 Å². The molecule has 0 spiro atoms. The van der Waals surface area contributed by atoms with E-state index in [1.807, 2.05) is 31.3 Å². The Balaban J connectivity index is 0.000000521. The maximum atomic E-state index is 13.2. The zero-order valence-corrected chi connectivity index (χ0v) is 17.8. The lowest BCUT2D eigenvalue weighted by Crippen LogP contribution is -2.20. The van der Waals surface area contributed by atoms with Gasteiger partial charge in [0.15, 0.2) is 0 Å². The van der Waals surface area contributed by atoms with Gasteiger partial charge in [-0.05, 0) is 67.8 Å². The van der Waals surface area contributed by atoms with E-state index in [1.165, 1.54) is 25.0 Å². The van der Waals surface area contributed by atoms with E-state index in [0.717, 1.165) is 53.5 Å². The summed E-state index contributed by atoms with van der Waals surface area (Å²) in [5.74, 6) is 1.29. The van der Waals surface area contributed by atoms with Crippen LogP contribution < -0.4 is 10.1 Å². The highest BCUT2D eigenvalue weighted by molar-refractivity contribution is 6.02. The number of halogens is 1. The molecule has 0 aliphatic carbocycles. The van der Waals surface area contributed by atoms with E-state index in [0.29, 0.717) is 0 Å². The number of methoxy groups -OCH3 is 1. The lowest BCUT2D eigenvalue weighted by Gasteiger charge is -2.15. The molecule has 29 heavy (non-hydrogen) atoms. The normalized spacial score (nSPS) is 13.9. The average molecular weight is 399 g/mol. The second kappa shape index (κ2) is 12.0. The van der Waals surface area contributed by atoms with Crippen LogP contribution in [0.3, 0.4) is 0 Å².